The van der Waals surface area contributed by atoms with Crippen LogP contribution in [0.4, 0.5) is 0 Å². The number of aliphatic hydroxyl groups excluding tert-OH is 1. The van der Waals surface area contributed by atoms with E-state index in [1.165, 1.54) is 0 Å². The largest absolute Gasteiger partial charge is 0.468 e. The lowest BCUT2D eigenvalue weighted by Gasteiger charge is -2.41. The molecule has 0 radical (unpaired) electrons. The van der Waals surface area contributed by atoms with Crippen LogP contribution < -0.4 is 0 Å². The number of nitrogens with one attached hydrogen (secondary N) is 1. The highest BCUT2D eigenvalue weighted by molar-refractivity contribution is 5.98. The van der Waals surface area contributed by atoms with Crippen molar-refractivity contribution >= 4 is 16.8 Å². The third kappa shape index (κ3) is 3.38. The lowest BCUT2D eigenvalue weighted by atomic mass is 10.1. The van der Waals surface area contributed by atoms with Crippen molar-refractivity contribution in [1.29, 1.82) is 0 Å². The molecule has 1 aliphatic heterocycles. The number of amides is 1. The number of aromatic amines is 1. The third-order valence-corrected chi connectivity index (χ3v) is 5.10. The molecule has 1 atom stereocenters. The number of furan rings is 1. The van der Waals surface area contributed by atoms with E-state index in [1.54, 1.807) is 6.26 Å². The van der Waals surface area contributed by atoms with E-state index in [1.807, 2.05) is 47.5 Å². The van der Waals surface area contributed by atoms with Crippen molar-refractivity contribution in [1.82, 2.24) is 14.8 Å². The second-order valence-electron chi connectivity index (χ2n) is 6.75. The van der Waals surface area contributed by atoms with Gasteiger partial charge < -0.3 is 19.4 Å². The fourth-order valence-corrected chi connectivity index (χ4v) is 3.67. The Labute approximate surface area is 152 Å². The van der Waals surface area contributed by atoms with Crippen LogP contribution in [0.2, 0.25) is 0 Å². The van der Waals surface area contributed by atoms with Gasteiger partial charge in [-0.25, -0.2) is 0 Å². The SMILES string of the molecule is O=C(c1ccc2cc[nH]c2c1)N1CCN(Cc2ccco2)[C@@H](CCO)C1. The van der Waals surface area contributed by atoms with Crippen molar-refractivity contribution in [2.24, 2.45) is 0 Å². The zero-order chi connectivity index (χ0) is 17.9. The van der Waals surface area contributed by atoms with Crippen molar-refractivity contribution in [2.45, 2.75) is 19.0 Å². The number of fused-ring (bicyclic) bond motifs is 1. The number of piperazine rings is 1. The topological polar surface area (TPSA) is 72.7 Å². The number of aromatic nitrogens is 1. The summed E-state index contributed by atoms with van der Waals surface area (Å²) in [5.74, 6) is 0.951. The first-order chi connectivity index (χ1) is 12.7. The van der Waals surface area contributed by atoms with Crippen LogP contribution in [0.3, 0.4) is 0 Å². The summed E-state index contributed by atoms with van der Waals surface area (Å²) < 4.78 is 5.45. The summed E-state index contributed by atoms with van der Waals surface area (Å²) in [6.45, 7) is 2.86. The Balaban J connectivity index is 1.48. The highest BCUT2D eigenvalue weighted by atomic mass is 16.3. The molecule has 1 saturated heterocycles. The van der Waals surface area contributed by atoms with Gasteiger partial charge in [-0.1, -0.05) is 6.07 Å². The molecule has 0 saturated carbocycles. The molecule has 1 aromatic carbocycles. The Hall–Kier alpha value is -2.57. The number of nitrogens with zero attached hydrogens (tertiary/aromatic N) is 2. The molecule has 4 rings (SSSR count). The van der Waals surface area contributed by atoms with E-state index >= 15 is 0 Å². The van der Waals surface area contributed by atoms with Gasteiger partial charge in [0.2, 0.25) is 0 Å². The lowest BCUT2D eigenvalue weighted by molar-refractivity contribution is 0.0373. The Morgan fingerprint density at radius 3 is 3.00 bits per heavy atom. The molecule has 1 aliphatic rings. The van der Waals surface area contributed by atoms with Crippen LogP contribution >= 0.6 is 0 Å². The molecule has 0 spiro atoms. The minimum atomic E-state index is 0.0436. The third-order valence-electron chi connectivity index (χ3n) is 5.10. The summed E-state index contributed by atoms with van der Waals surface area (Å²) in [5, 5.41) is 10.5. The van der Waals surface area contributed by atoms with E-state index < -0.39 is 0 Å². The van der Waals surface area contributed by atoms with Crippen LogP contribution in [0.5, 0.6) is 0 Å². The quantitative estimate of drug-likeness (QED) is 0.739. The van der Waals surface area contributed by atoms with Gasteiger partial charge in [-0.15, -0.1) is 0 Å². The Morgan fingerprint density at radius 1 is 1.27 bits per heavy atom. The average Bonchev–Trinajstić information content (AvgIpc) is 3.33. The van der Waals surface area contributed by atoms with Gasteiger partial charge in [0.05, 0.1) is 12.8 Å². The molecule has 1 amide bonds. The maximum Gasteiger partial charge on any atom is 0.254 e. The molecular weight excluding hydrogens is 330 g/mol. The maximum absolute atomic E-state index is 13.0. The predicted octanol–water partition coefficient (Wildman–Crippen LogP) is 2.47. The molecule has 136 valence electrons. The van der Waals surface area contributed by atoms with Gasteiger partial charge in [0, 0.05) is 49.6 Å². The molecule has 0 bridgehead atoms. The summed E-state index contributed by atoms with van der Waals surface area (Å²) in [4.78, 5) is 20.3. The van der Waals surface area contributed by atoms with E-state index in [2.05, 4.69) is 9.88 Å². The molecule has 6 nitrogen and oxygen atoms in total. The molecule has 0 aliphatic carbocycles. The normalized spacial score (nSPS) is 18.5. The van der Waals surface area contributed by atoms with Crippen molar-refractivity contribution in [3.05, 3.63) is 60.2 Å². The van der Waals surface area contributed by atoms with Crippen LogP contribution in [0.1, 0.15) is 22.5 Å². The summed E-state index contributed by atoms with van der Waals surface area (Å²) >= 11 is 0. The standard InChI is InChI=1S/C20H23N3O3/c24-10-6-17-13-23(9-8-22(17)14-18-2-1-11-26-18)20(25)16-4-3-15-5-7-21-19(15)12-16/h1-5,7,11-12,17,21,24H,6,8-10,13-14H2/t17-/m0/s1. The summed E-state index contributed by atoms with van der Waals surface area (Å²) in [5.41, 5.74) is 1.67. The van der Waals surface area contributed by atoms with Crippen molar-refractivity contribution in [3.63, 3.8) is 0 Å². The molecular formula is C20H23N3O3. The second kappa shape index (κ2) is 7.35. The molecule has 2 N–H and O–H groups in total. The summed E-state index contributed by atoms with van der Waals surface area (Å²) in [6.07, 6.45) is 4.19. The minimum absolute atomic E-state index is 0.0436. The minimum Gasteiger partial charge on any atom is -0.468 e. The zero-order valence-electron chi connectivity index (χ0n) is 14.6. The van der Waals surface area contributed by atoms with Gasteiger partial charge in [0.15, 0.2) is 0 Å². The van der Waals surface area contributed by atoms with Crippen LogP contribution in [-0.2, 0) is 6.54 Å². The second-order valence-corrected chi connectivity index (χ2v) is 6.75. The maximum atomic E-state index is 13.0. The summed E-state index contributed by atoms with van der Waals surface area (Å²) in [7, 11) is 0. The number of hydrogen-bond acceptors (Lipinski definition) is 4. The first kappa shape index (κ1) is 16.9. The van der Waals surface area contributed by atoms with Gasteiger partial charge >= 0.3 is 0 Å². The number of rotatable bonds is 5. The van der Waals surface area contributed by atoms with Gasteiger partial charge in [0.25, 0.3) is 5.91 Å². The zero-order valence-corrected chi connectivity index (χ0v) is 14.6. The number of carbonyl (C=O) groups excluding carboxylic acids is 1. The van der Waals surface area contributed by atoms with Gasteiger partial charge in [-0.05, 0) is 42.1 Å². The van der Waals surface area contributed by atoms with E-state index in [-0.39, 0.29) is 18.6 Å². The molecule has 3 aromatic rings. The van der Waals surface area contributed by atoms with E-state index in [0.717, 1.165) is 23.2 Å². The Morgan fingerprint density at radius 2 is 2.19 bits per heavy atom. The van der Waals surface area contributed by atoms with Gasteiger partial charge in [-0.3, -0.25) is 9.69 Å². The fraction of sp³-hybridized carbons (Fsp3) is 0.350. The predicted molar refractivity (Wildman–Crippen MR) is 98.8 cm³/mol. The molecule has 26 heavy (non-hydrogen) atoms. The number of benzene rings is 1. The Bertz CT molecular complexity index is 871. The van der Waals surface area contributed by atoms with E-state index in [4.69, 9.17) is 4.42 Å². The highest BCUT2D eigenvalue weighted by Gasteiger charge is 2.30. The monoisotopic (exact) mass is 353 g/mol. The number of H-pyrrole nitrogens is 1. The first-order valence-corrected chi connectivity index (χ1v) is 8.98. The Kier molecular flexibility index (Phi) is 4.77. The summed E-state index contributed by atoms with van der Waals surface area (Å²) in [6, 6.07) is 11.7. The fourth-order valence-electron chi connectivity index (χ4n) is 3.67. The highest BCUT2D eigenvalue weighted by Crippen LogP contribution is 2.20. The van der Waals surface area contributed by atoms with Crippen LogP contribution in [-0.4, -0.2) is 58.1 Å². The lowest BCUT2D eigenvalue weighted by Crippen LogP contribution is -2.54. The smallest absolute Gasteiger partial charge is 0.254 e. The molecule has 6 heteroatoms. The van der Waals surface area contributed by atoms with Crippen LogP contribution in [0.15, 0.2) is 53.3 Å². The molecule has 1 fully saturated rings. The average molecular weight is 353 g/mol. The number of aliphatic hydroxyl groups is 1. The van der Waals surface area contributed by atoms with E-state index in [0.29, 0.717) is 31.6 Å². The number of carbonyl (C=O) groups is 1. The first-order valence-electron chi connectivity index (χ1n) is 8.98. The van der Waals surface area contributed by atoms with Gasteiger partial charge in [-0.2, -0.15) is 0 Å². The number of hydrogen-bond donors (Lipinski definition) is 2. The molecule has 3 heterocycles. The van der Waals surface area contributed by atoms with Crippen molar-refractivity contribution < 1.29 is 14.3 Å². The van der Waals surface area contributed by atoms with E-state index in [9.17, 15) is 9.90 Å². The van der Waals surface area contributed by atoms with Crippen molar-refractivity contribution in [2.75, 3.05) is 26.2 Å². The molecule has 2 aromatic heterocycles. The van der Waals surface area contributed by atoms with Crippen LogP contribution in [0, 0.1) is 0 Å². The van der Waals surface area contributed by atoms with Crippen LogP contribution in [0.25, 0.3) is 10.9 Å². The van der Waals surface area contributed by atoms with Gasteiger partial charge in [0.1, 0.15) is 5.76 Å². The van der Waals surface area contributed by atoms with Crippen molar-refractivity contribution in [3.8, 4) is 0 Å². The molecule has 0 unspecified atom stereocenters.